The number of hydrogen-bond acceptors (Lipinski definition) is 3. The fraction of sp³-hybridized carbons (Fsp3) is 0.0370. The fourth-order valence-corrected chi connectivity index (χ4v) is 4.11. The van der Waals surface area contributed by atoms with Crippen molar-refractivity contribution in [1.29, 1.82) is 0 Å². The second kappa shape index (κ2) is 8.68. The molecule has 4 aromatic rings. The van der Waals surface area contributed by atoms with Gasteiger partial charge < -0.3 is 14.7 Å². The van der Waals surface area contributed by atoms with Crippen LogP contribution in [0.5, 0.6) is 5.75 Å². The van der Waals surface area contributed by atoms with Gasteiger partial charge in [-0.1, -0.05) is 18.2 Å². The van der Waals surface area contributed by atoms with Crippen LogP contribution in [0.3, 0.4) is 0 Å². The van der Waals surface area contributed by atoms with Gasteiger partial charge in [-0.15, -0.1) is 0 Å². The number of rotatable bonds is 2. The minimum absolute atomic E-state index is 0. The molecule has 0 atom stereocenters. The minimum Gasteiger partial charge on any atom is -0.496 e. The number of aromatic nitrogens is 4. The van der Waals surface area contributed by atoms with Gasteiger partial charge in [-0.05, 0) is 72.8 Å². The zero-order valence-electron chi connectivity index (χ0n) is 17.8. The molecule has 5 heterocycles. The second-order valence-corrected chi connectivity index (χ2v) is 7.79. The molecule has 2 aliphatic heterocycles. The van der Waals surface area contributed by atoms with Crippen molar-refractivity contribution < 1.29 is 25.8 Å². The number of nitrogens with one attached hydrogen (secondary N) is 2. The summed E-state index contributed by atoms with van der Waals surface area (Å²) in [7, 11) is 1.70. The average Bonchev–Trinajstić information content (AvgIpc) is 3.59. The Labute approximate surface area is 205 Å². The second-order valence-electron chi connectivity index (χ2n) is 7.79. The monoisotopic (exact) mass is 611 g/mol. The summed E-state index contributed by atoms with van der Waals surface area (Å²) in [6, 6.07) is 22.5. The number of methoxy groups -OCH3 is 1. The van der Waals surface area contributed by atoms with E-state index in [0.29, 0.717) is 0 Å². The summed E-state index contributed by atoms with van der Waals surface area (Å²) < 4.78 is 5.63. The number of nitrogens with zero attached hydrogens (tertiary/aromatic N) is 2. The molecule has 1 aromatic carbocycles. The minimum atomic E-state index is 0. The van der Waals surface area contributed by atoms with E-state index in [2.05, 4.69) is 51.4 Å². The SMILES string of the molecule is COc1ccccc1-c1cc2cc3ccc(cc4nc(cc5nc(cc1[nH]2)C=C5)C=C4)[nH]3.[Pt]. The van der Waals surface area contributed by atoms with Gasteiger partial charge in [0.15, 0.2) is 0 Å². The summed E-state index contributed by atoms with van der Waals surface area (Å²) >= 11 is 0. The van der Waals surface area contributed by atoms with Crippen molar-refractivity contribution in [2.75, 3.05) is 7.11 Å². The first kappa shape index (κ1) is 21.2. The molecule has 0 unspecified atom stereocenters. The van der Waals surface area contributed by atoms with Gasteiger partial charge in [-0.3, -0.25) is 0 Å². The van der Waals surface area contributed by atoms with E-state index in [-0.39, 0.29) is 21.1 Å². The smallest absolute Gasteiger partial charge is 0.126 e. The first-order valence-corrected chi connectivity index (χ1v) is 10.5. The Bertz CT molecular complexity index is 1580. The summed E-state index contributed by atoms with van der Waals surface area (Å²) in [5.41, 5.74) is 9.64. The van der Waals surface area contributed by atoms with Crippen LogP contribution in [0, 0.1) is 0 Å². The number of fused-ring (bicyclic) bond motifs is 8. The van der Waals surface area contributed by atoms with Gasteiger partial charge in [0.25, 0.3) is 0 Å². The third kappa shape index (κ3) is 4.20. The Kier molecular flexibility index (Phi) is 5.57. The van der Waals surface area contributed by atoms with Crippen molar-refractivity contribution >= 4 is 46.4 Å². The third-order valence-corrected chi connectivity index (χ3v) is 5.57. The third-order valence-electron chi connectivity index (χ3n) is 5.57. The van der Waals surface area contributed by atoms with Gasteiger partial charge in [0.05, 0.1) is 29.9 Å². The number of para-hydroxylation sites is 1. The molecule has 164 valence electrons. The van der Waals surface area contributed by atoms with Crippen molar-refractivity contribution in [3.05, 3.63) is 89.5 Å². The zero-order chi connectivity index (χ0) is 21.5. The number of ether oxygens (including phenoxy) is 1. The number of hydrogen-bond donors (Lipinski definition) is 2. The summed E-state index contributed by atoms with van der Waals surface area (Å²) in [5.74, 6) is 0.831. The van der Waals surface area contributed by atoms with Crippen LogP contribution in [0.4, 0.5) is 0 Å². The molecule has 3 aromatic heterocycles. The van der Waals surface area contributed by atoms with Gasteiger partial charge in [0.2, 0.25) is 0 Å². The number of H-pyrrole nitrogens is 2. The van der Waals surface area contributed by atoms with Crippen LogP contribution in [0.2, 0.25) is 0 Å². The van der Waals surface area contributed by atoms with E-state index in [9.17, 15) is 0 Å². The predicted molar refractivity (Wildman–Crippen MR) is 131 cm³/mol. The zero-order valence-corrected chi connectivity index (χ0v) is 20.1. The Hall–Kier alpha value is -3.69. The van der Waals surface area contributed by atoms with E-state index >= 15 is 0 Å². The van der Waals surface area contributed by atoms with Crippen molar-refractivity contribution in [3.8, 4) is 16.9 Å². The van der Waals surface area contributed by atoms with Crippen molar-refractivity contribution in [3.63, 3.8) is 0 Å². The average molecular weight is 612 g/mol. The molecule has 6 heteroatoms. The molecule has 0 fully saturated rings. The van der Waals surface area contributed by atoms with Gasteiger partial charge >= 0.3 is 0 Å². The Morgan fingerprint density at radius 3 is 1.97 bits per heavy atom. The normalized spacial score (nSPS) is 11.9. The Morgan fingerprint density at radius 2 is 1.24 bits per heavy atom. The van der Waals surface area contributed by atoms with Crippen LogP contribution in [0.25, 0.3) is 57.5 Å². The van der Waals surface area contributed by atoms with E-state index in [1.807, 2.05) is 54.6 Å². The van der Waals surface area contributed by atoms with Crippen LogP contribution in [-0.4, -0.2) is 27.0 Å². The van der Waals surface area contributed by atoms with Crippen LogP contribution >= 0.6 is 0 Å². The van der Waals surface area contributed by atoms with Crippen LogP contribution < -0.4 is 4.74 Å². The fourth-order valence-electron chi connectivity index (χ4n) is 4.11. The van der Waals surface area contributed by atoms with E-state index in [1.54, 1.807) is 7.11 Å². The molecular weight excluding hydrogens is 591 g/mol. The summed E-state index contributed by atoms with van der Waals surface area (Å²) in [4.78, 5) is 16.4. The molecule has 8 bridgehead atoms. The summed E-state index contributed by atoms with van der Waals surface area (Å²) in [6.45, 7) is 0. The van der Waals surface area contributed by atoms with E-state index < -0.39 is 0 Å². The van der Waals surface area contributed by atoms with Crippen molar-refractivity contribution in [2.24, 2.45) is 0 Å². The predicted octanol–water partition coefficient (Wildman–Crippen LogP) is 6.33. The topological polar surface area (TPSA) is 66.6 Å². The Balaban J connectivity index is 0.00000228. The van der Waals surface area contributed by atoms with Gasteiger partial charge in [0.1, 0.15) is 5.75 Å². The first-order chi connectivity index (χ1) is 15.7. The van der Waals surface area contributed by atoms with E-state index in [0.717, 1.165) is 61.7 Å². The van der Waals surface area contributed by atoms with Crippen molar-refractivity contribution in [2.45, 2.75) is 0 Å². The van der Waals surface area contributed by atoms with Crippen LogP contribution in [0.15, 0.2) is 66.7 Å². The molecule has 2 N–H and O–H groups in total. The van der Waals surface area contributed by atoms with Gasteiger partial charge in [-0.25, -0.2) is 9.97 Å². The number of aromatic amines is 2. The molecule has 0 saturated carbocycles. The van der Waals surface area contributed by atoms with E-state index in [4.69, 9.17) is 9.72 Å². The molecule has 0 spiro atoms. The molecule has 33 heavy (non-hydrogen) atoms. The Morgan fingerprint density at radius 1 is 0.606 bits per heavy atom. The van der Waals surface area contributed by atoms with Gasteiger partial charge in [-0.2, -0.15) is 0 Å². The molecule has 0 amide bonds. The molecule has 0 radical (unpaired) electrons. The molecule has 2 aliphatic rings. The molecule has 5 nitrogen and oxygen atoms in total. The quantitative estimate of drug-likeness (QED) is 0.241. The van der Waals surface area contributed by atoms with Crippen molar-refractivity contribution in [1.82, 2.24) is 19.9 Å². The summed E-state index contributed by atoms with van der Waals surface area (Å²) in [5, 5.41) is 0. The van der Waals surface area contributed by atoms with Crippen LogP contribution in [0.1, 0.15) is 22.8 Å². The van der Waals surface area contributed by atoms with Crippen LogP contribution in [-0.2, 0) is 21.1 Å². The van der Waals surface area contributed by atoms with Gasteiger partial charge in [0, 0.05) is 54.3 Å². The van der Waals surface area contributed by atoms with E-state index in [1.165, 1.54) is 0 Å². The maximum atomic E-state index is 5.63. The maximum absolute atomic E-state index is 5.63. The summed E-state index contributed by atoms with van der Waals surface area (Å²) in [6.07, 6.45) is 8.06. The molecule has 6 rings (SSSR count). The maximum Gasteiger partial charge on any atom is 0.126 e. The number of benzene rings is 1. The first-order valence-electron chi connectivity index (χ1n) is 10.5. The standard InChI is InChI=1S/C27H20N4O.Pt/c1-32-27-5-3-2-4-24(27)25-15-23-14-21-9-8-19(29-21)12-17-6-7-18(28-17)13-20-10-11-22(30-20)16-26(25)31-23;/h2-16,29,31H,1H3;. The molecule has 0 aliphatic carbocycles. The molecular formula is C27H20N4OPt. The molecule has 0 saturated heterocycles. The largest absolute Gasteiger partial charge is 0.496 e.